The van der Waals surface area contributed by atoms with E-state index in [4.69, 9.17) is 11.6 Å². The van der Waals surface area contributed by atoms with Crippen LogP contribution in [-0.2, 0) is 9.59 Å². The highest BCUT2D eigenvalue weighted by Gasteiger charge is 2.34. The highest BCUT2D eigenvalue weighted by atomic mass is 35.5. The van der Waals surface area contributed by atoms with Crippen molar-refractivity contribution >= 4 is 29.3 Å². The van der Waals surface area contributed by atoms with Crippen LogP contribution >= 0.6 is 11.6 Å². The third kappa shape index (κ3) is 3.23. The molecule has 1 heterocycles. The summed E-state index contributed by atoms with van der Waals surface area (Å²) in [5.74, 6) is -1.50. The smallest absolute Gasteiger partial charge is 0.264 e. The van der Waals surface area contributed by atoms with Crippen molar-refractivity contribution in [2.24, 2.45) is 4.99 Å². The summed E-state index contributed by atoms with van der Waals surface area (Å²) in [5.41, 5.74) is 0.483. The Morgan fingerprint density at radius 3 is 2.65 bits per heavy atom. The molecule has 106 valence electrons. The van der Waals surface area contributed by atoms with Gasteiger partial charge in [0.1, 0.15) is 11.8 Å². The Morgan fingerprint density at radius 1 is 1.35 bits per heavy atom. The van der Waals surface area contributed by atoms with E-state index >= 15 is 0 Å². The third-order valence-corrected chi connectivity index (χ3v) is 3.26. The van der Waals surface area contributed by atoms with E-state index in [9.17, 15) is 9.59 Å². The van der Waals surface area contributed by atoms with Crippen molar-refractivity contribution in [3.63, 3.8) is 0 Å². The second-order valence-corrected chi connectivity index (χ2v) is 5.28. The minimum Gasteiger partial charge on any atom is -0.312 e. The Hall–Kier alpha value is -1.72. The Labute approximate surface area is 122 Å². The fraction of sp³-hybridized carbons (Fsp3) is 0.357. The SMILES string of the molecule is CC(C)NCC1=NC(=O)C(c2ccccc2Cl)C(=O)N1. The van der Waals surface area contributed by atoms with E-state index in [1.165, 1.54) is 0 Å². The largest absolute Gasteiger partial charge is 0.312 e. The lowest BCUT2D eigenvalue weighted by atomic mass is 9.96. The van der Waals surface area contributed by atoms with Gasteiger partial charge in [0, 0.05) is 11.1 Å². The number of hydrogen-bond acceptors (Lipinski definition) is 3. The van der Waals surface area contributed by atoms with Gasteiger partial charge in [0.2, 0.25) is 5.91 Å². The maximum atomic E-state index is 12.1. The summed E-state index contributed by atoms with van der Waals surface area (Å²) in [6.45, 7) is 4.30. The quantitative estimate of drug-likeness (QED) is 0.826. The molecule has 0 saturated carbocycles. The average Bonchev–Trinajstić information content (AvgIpc) is 2.38. The van der Waals surface area contributed by atoms with Gasteiger partial charge in [-0.3, -0.25) is 9.59 Å². The molecule has 6 heteroatoms. The predicted octanol–water partition coefficient (Wildman–Crippen LogP) is 1.48. The summed E-state index contributed by atoms with van der Waals surface area (Å²) in [6.07, 6.45) is 0. The number of halogens is 1. The van der Waals surface area contributed by atoms with E-state index in [1.54, 1.807) is 24.3 Å². The summed E-state index contributed by atoms with van der Waals surface area (Å²) in [5, 5.41) is 6.13. The zero-order valence-corrected chi connectivity index (χ0v) is 12.1. The summed E-state index contributed by atoms with van der Waals surface area (Å²) in [4.78, 5) is 28.1. The highest BCUT2D eigenvalue weighted by Crippen LogP contribution is 2.27. The molecule has 20 heavy (non-hydrogen) atoms. The van der Waals surface area contributed by atoms with Gasteiger partial charge in [-0.2, -0.15) is 4.99 Å². The molecule has 0 saturated heterocycles. The van der Waals surface area contributed by atoms with Gasteiger partial charge < -0.3 is 10.6 Å². The van der Waals surface area contributed by atoms with Gasteiger partial charge in [0.15, 0.2) is 0 Å². The van der Waals surface area contributed by atoms with Crippen LogP contribution in [0.1, 0.15) is 25.3 Å². The standard InChI is InChI=1S/C14H16ClN3O2/c1-8(2)16-7-11-17-13(19)12(14(20)18-11)9-5-3-4-6-10(9)15/h3-6,8,12,16H,7H2,1-2H3,(H,17,18,19,20). The van der Waals surface area contributed by atoms with Gasteiger partial charge in [0.05, 0.1) is 6.54 Å². The minimum absolute atomic E-state index is 0.242. The molecule has 0 aliphatic carbocycles. The van der Waals surface area contributed by atoms with Crippen LogP contribution in [0.5, 0.6) is 0 Å². The van der Waals surface area contributed by atoms with E-state index in [0.29, 0.717) is 23.0 Å². The normalized spacial score (nSPS) is 19.0. The Bertz CT molecular complexity index is 569. The summed E-state index contributed by atoms with van der Waals surface area (Å²) in [6, 6.07) is 7.04. The fourth-order valence-electron chi connectivity index (χ4n) is 1.92. The second-order valence-electron chi connectivity index (χ2n) is 4.88. The Balaban J connectivity index is 2.21. The lowest BCUT2D eigenvalue weighted by Gasteiger charge is -2.21. The lowest BCUT2D eigenvalue weighted by Crippen LogP contribution is -2.47. The molecule has 1 unspecified atom stereocenters. The molecule has 0 bridgehead atoms. The molecule has 5 nitrogen and oxygen atoms in total. The van der Waals surface area contributed by atoms with Crippen LogP contribution in [0.15, 0.2) is 29.3 Å². The zero-order chi connectivity index (χ0) is 14.7. The van der Waals surface area contributed by atoms with Crippen LogP contribution in [0, 0.1) is 0 Å². The third-order valence-electron chi connectivity index (χ3n) is 2.92. The molecule has 0 radical (unpaired) electrons. The van der Waals surface area contributed by atoms with Gasteiger partial charge in [-0.15, -0.1) is 0 Å². The number of rotatable bonds is 4. The van der Waals surface area contributed by atoms with Crippen LogP contribution < -0.4 is 10.6 Å². The minimum atomic E-state index is -0.966. The first kappa shape index (κ1) is 14.7. The number of benzene rings is 1. The van der Waals surface area contributed by atoms with Crippen molar-refractivity contribution in [2.75, 3.05) is 6.54 Å². The molecule has 1 aliphatic rings. The van der Waals surface area contributed by atoms with Gasteiger partial charge in [-0.1, -0.05) is 43.6 Å². The van der Waals surface area contributed by atoms with E-state index in [1.807, 2.05) is 13.8 Å². The molecule has 2 rings (SSSR count). The Morgan fingerprint density at radius 2 is 2.05 bits per heavy atom. The first-order chi connectivity index (χ1) is 9.49. The molecule has 0 fully saturated rings. The van der Waals surface area contributed by atoms with E-state index < -0.39 is 17.7 Å². The number of carbonyl (C=O) groups excluding carboxylic acids is 2. The highest BCUT2D eigenvalue weighted by molar-refractivity contribution is 6.32. The predicted molar refractivity (Wildman–Crippen MR) is 77.9 cm³/mol. The van der Waals surface area contributed by atoms with Gasteiger partial charge in [-0.25, -0.2) is 0 Å². The fourth-order valence-corrected chi connectivity index (χ4v) is 2.16. The van der Waals surface area contributed by atoms with E-state index in [-0.39, 0.29) is 6.04 Å². The number of carbonyl (C=O) groups is 2. The zero-order valence-electron chi connectivity index (χ0n) is 11.3. The summed E-state index contributed by atoms with van der Waals surface area (Å²) >= 11 is 6.03. The van der Waals surface area contributed by atoms with Crippen LogP contribution in [0.25, 0.3) is 0 Å². The number of aliphatic imine (C=N–C) groups is 1. The Kier molecular flexibility index (Phi) is 4.52. The number of amidine groups is 1. The van der Waals surface area contributed by atoms with Crippen LogP contribution in [-0.4, -0.2) is 30.2 Å². The number of amides is 2. The van der Waals surface area contributed by atoms with Crippen molar-refractivity contribution < 1.29 is 9.59 Å². The molecule has 0 aromatic heterocycles. The average molecular weight is 294 g/mol. The van der Waals surface area contributed by atoms with Gasteiger partial charge in [-0.05, 0) is 11.6 Å². The van der Waals surface area contributed by atoms with Crippen molar-refractivity contribution in [3.8, 4) is 0 Å². The maximum Gasteiger partial charge on any atom is 0.264 e. The molecule has 2 amide bonds. The van der Waals surface area contributed by atoms with Crippen molar-refractivity contribution in [3.05, 3.63) is 34.9 Å². The molecular weight excluding hydrogens is 278 g/mol. The van der Waals surface area contributed by atoms with Gasteiger partial charge in [0.25, 0.3) is 5.91 Å². The van der Waals surface area contributed by atoms with Crippen LogP contribution in [0.2, 0.25) is 5.02 Å². The topological polar surface area (TPSA) is 70.6 Å². The molecule has 1 aromatic carbocycles. The monoisotopic (exact) mass is 293 g/mol. The molecule has 2 N–H and O–H groups in total. The number of nitrogens with one attached hydrogen (secondary N) is 2. The molecular formula is C14H16ClN3O2. The van der Waals surface area contributed by atoms with Crippen molar-refractivity contribution in [2.45, 2.75) is 25.8 Å². The van der Waals surface area contributed by atoms with Crippen molar-refractivity contribution in [1.82, 2.24) is 10.6 Å². The lowest BCUT2D eigenvalue weighted by molar-refractivity contribution is -0.129. The summed E-state index contributed by atoms with van der Waals surface area (Å²) < 4.78 is 0. The van der Waals surface area contributed by atoms with Crippen LogP contribution in [0.4, 0.5) is 0 Å². The number of nitrogens with zero attached hydrogens (tertiary/aromatic N) is 1. The van der Waals surface area contributed by atoms with Crippen molar-refractivity contribution in [1.29, 1.82) is 0 Å². The first-order valence-corrected chi connectivity index (χ1v) is 6.77. The van der Waals surface area contributed by atoms with Gasteiger partial charge >= 0.3 is 0 Å². The molecule has 1 aromatic rings. The first-order valence-electron chi connectivity index (χ1n) is 6.39. The molecule has 1 atom stereocenters. The summed E-state index contributed by atoms with van der Waals surface area (Å²) in [7, 11) is 0. The molecule has 0 spiro atoms. The molecule has 1 aliphatic heterocycles. The second kappa shape index (κ2) is 6.15. The van der Waals surface area contributed by atoms with Crippen LogP contribution in [0.3, 0.4) is 0 Å². The maximum absolute atomic E-state index is 12.1. The van der Waals surface area contributed by atoms with E-state index in [2.05, 4.69) is 15.6 Å². The van der Waals surface area contributed by atoms with E-state index in [0.717, 1.165) is 0 Å². The number of hydrogen-bond donors (Lipinski definition) is 2.